The minimum absolute atomic E-state index is 0.0381. The van der Waals surface area contributed by atoms with Crippen molar-refractivity contribution in [1.82, 2.24) is 9.97 Å². The number of aliphatic hydroxyl groups excluding tert-OH is 2. The van der Waals surface area contributed by atoms with Gasteiger partial charge in [-0.25, -0.2) is 9.78 Å². The summed E-state index contributed by atoms with van der Waals surface area (Å²) in [6.07, 6.45) is -3.45. The maximum absolute atomic E-state index is 10.5. The van der Waals surface area contributed by atoms with Gasteiger partial charge in [-0.05, 0) is 12.1 Å². The fourth-order valence-electron chi connectivity index (χ4n) is 1.40. The van der Waals surface area contributed by atoms with E-state index in [-0.39, 0.29) is 5.82 Å². The lowest BCUT2D eigenvalue weighted by atomic mass is 10.2. The van der Waals surface area contributed by atoms with Crippen LogP contribution in [0.4, 0.5) is 0 Å². The normalized spacial score (nSPS) is 14.9. The van der Waals surface area contributed by atoms with Crippen molar-refractivity contribution in [3.8, 4) is 0 Å². The molecule has 4 N–H and O–H groups in total. The summed E-state index contributed by atoms with van der Waals surface area (Å²) in [4.78, 5) is 17.2. The Morgan fingerprint density at radius 2 is 2.00 bits per heavy atom. The van der Waals surface area contributed by atoms with Gasteiger partial charge >= 0.3 is 5.97 Å². The number of para-hydroxylation sites is 2. The SMILES string of the molecule is O=C(O)[C@@H](O)[C@H](O)c1nc2ccccc2[nH]1. The van der Waals surface area contributed by atoms with Crippen molar-refractivity contribution in [2.24, 2.45) is 0 Å². The highest BCUT2D eigenvalue weighted by Gasteiger charge is 2.27. The second-order valence-electron chi connectivity index (χ2n) is 3.37. The molecule has 0 aliphatic carbocycles. The van der Waals surface area contributed by atoms with E-state index in [1.165, 1.54) is 0 Å². The topological polar surface area (TPSA) is 106 Å². The molecule has 0 aliphatic rings. The minimum atomic E-state index is -1.89. The molecule has 1 heterocycles. The third kappa shape index (κ3) is 1.75. The van der Waals surface area contributed by atoms with Crippen molar-refractivity contribution in [3.63, 3.8) is 0 Å². The quantitative estimate of drug-likeness (QED) is 0.586. The highest BCUT2D eigenvalue weighted by atomic mass is 16.4. The summed E-state index contributed by atoms with van der Waals surface area (Å²) in [5.41, 5.74) is 1.28. The maximum atomic E-state index is 10.5. The number of carbonyl (C=O) groups is 1. The molecule has 0 aliphatic heterocycles. The third-order valence-electron chi connectivity index (χ3n) is 2.24. The number of aromatic nitrogens is 2. The average molecular weight is 222 g/mol. The Bertz CT molecular complexity index is 489. The van der Waals surface area contributed by atoms with Crippen molar-refractivity contribution in [3.05, 3.63) is 30.1 Å². The number of hydrogen-bond acceptors (Lipinski definition) is 4. The highest BCUT2D eigenvalue weighted by molar-refractivity contribution is 5.76. The first-order valence-electron chi connectivity index (χ1n) is 4.63. The van der Waals surface area contributed by atoms with Crippen LogP contribution < -0.4 is 0 Å². The van der Waals surface area contributed by atoms with Gasteiger partial charge in [0, 0.05) is 0 Å². The van der Waals surface area contributed by atoms with E-state index >= 15 is 0 Å². The predicted octanol–water partition coefficient (Wildman–Crippen LogP) is 0.0418. The van der Waals surface area contributed by atoms with Crippen LogP contribution in [0.3, 0.4) is 0 Å². The van der Waals surface area contributed by atoms with E-state index in [0.717, 1.165) is 0 Å². The van der Waals surface area contributed by atoms with Crippen LogP contribution in [-0.4, -0.2) is 37.4 Å². The average Bonchev–Trinajstić information content (AvgIpc) is 2.70. The molecule has 16 heavy (non-hydrogen) atoms. The number of aliphatic carboxylic acids is 1. The van der Waals surface area contributed by atoms with Gasteiger partial charge in [0.2, 0.25) is 0 Å². The first-order valence-corrected chi connectivity index (χ1v) is 4.63. The van der Waals surface area contributed by atoms with E-state index in [1.807, 2.05) is 0 Å². The van der Waals surface area contributed by atoms with Gasteiger partial charge in [-0.1, -0.05) is 12.1 Å². The molecule has 0 spiro atoms. The molecule has 84 valence electrons. The van der Waals surface area contributed by atoms with Crippen LogP contribution >= 0.6 is 0 Å². The zero-order chi connectivity index (χ0) is 11.7. The fourth-order valence-corrected chi connectivity index (χ4v) is 1.40. The van der Waals surface area contributed by atoms with E-state index in [2.05, 4.69) is 9.97 Å². The number of hydrogen-bond donors (Lipinski definition) is 4. The molecule has 0 radical (unpaired) electrons. The molecule has 2 rings (SSSR count). The largest absolute Gasteiger partial charge is 0.479 e. The summed E-state index contributed by atoms with van der Waals surface area (Å²) in [5.74, 6) is -1.45. The Labute approximate surface area is 90.2 Å². The van der Waals surface area contributed by atoms with Crippen LogP contribution in [0.5, 0.6) is 0 Å². The number of nitrogens with zero attached hydrogens (tertiary/aromatic N) is 1. The van der Waals surface area contributed by atoms with Crippen LogP contribution in [0.1, 0.15) is 11.9 Å². The number of rotatable bonds is 3. The van der Waals surface area contributed by atoms with Crippen molar-refractivity contribution < 1.29 is 20.1 Å². The number of imidazole rings is 1. The molecule has 6 heteroatoms. The van der Waals surface area contributed by atoms with Gasteiger partial charge in [0.05, 0.1) is 11.0 Å². The number of H-pyrrole nitrogens is 1. The summed E-state index contributed by atoms with van der Waals surface area (Å²) in [6.45, 7) is 0. The van der Waals surface area contributed by atoms with Crippen molar-refractivity contribution >= 4 is 17.0 Å². The van der Waals surface area contributed by atoms with Crippen LogP contribution in [0.15, 0.2) is 24.3 Å². The van der Waals surface area contributed by atoms with Crippen LogP contribution in [0, 0.1) is 0 Å². The Morgan fingerprint density at radius 3 is 2.62 bits per heavy atom. The Kier molecular flexibility index (Phi) is 2.59. The standard InChI is InChI=1S/C10H10N2O4/c13-7(8(14)10(15)16)9-11-5-3-1-2-4-6(5)12-9/h1-4,7-8,13-14H,(H,11,12)(H,15,16)/t7-,8-/m0/s1. The smallest absolute Gasteiger partial charge is 0.335 e. The Balaban J connectivity index is 2.36. The van der Waals surface area contributed by atoms with E-state index in [9.17, 15) is 9.90 Å². The monoisotopic (exact) mass is 222 g/mol. The van der Waals surface area contributed by atoms with Gasteiger partial charge in [0.15, 0.2) is 6.10 Å². The molecule has 1 aromatic carbocycles. The summed E-state index contributed by atoms with van der Waals surface area (Å²) in [5, 5.41) is 27.2. The first kappa shape index (κ1) is 10.6. The van der Waals surface area contributed by atoms with E-state index in [1.54, 1.807) is 24.3 Å². The Hall–Kier alpha value is -1.92. The number of carboxylic acids is 1. The summed E-state index contributed by atoms with van der Waals surface area (Å²) in [6, 6.07) is 7.01. The van der Waals surface area contributed by atoms with E-state index < -0.39 is 18.2 Å². The molecular weight excluding hydrogens is 212 g/mol. The van der Waals surface area contributed by atoms with Gasteiger partial charge < -0.3 is 20.3 Å². The minimum Gasteiger partial charge on any atom is -0.479 e. The second kappa shape index (κ2) is 3.92. The number of aromatic amines is 1. The molecule has 1 aromatic heterocycles. The molecule has 0 unspecified atom stereocenters. The third-order valence-corrected chi connectivity index (χ3v) is 2.24. The summed E-state index contributed by atoms with van der Waals surface area (Å²) in [7, 11) is 0. The van der Waals surface area contributed by atoms with Gasteiger partial charge in [-0.3, -0.25) is 0 Å². The van der Waals surface area contributed by atoms with Crippen LogP contribution in [0.2, 0.25) is 0 Å². The molecule has 0 saturated heterocycles. The lowest BCUT2D eigenvalue weighted by Gasteiger charge is -2.10. The predicted molar refractivity (Wildman–Crippen MR) is 54.7 cm³/mol. The van der Waals surface area contributed by atoms with Crippen molar-refractivity contribution in [2.45, 2.75) is 12.2 Å². The molecule has 6 nitrogen and oxygen atoms in total. The van der Waals surface area contributed by atoms with Crippen LogP contribution in [-0.2, 0) is 4.79 Å². The fraction of sp³-hybridized carbons (Fsp3) is 0.200. The molecule has 2 atom stereocenters. The van der Waals surface area contributed by atoms with E-state index in [4.69, 9.17) is 10.2 Å². The Morgan fingerprint density at radius 1 is 1.31 bits per heavy atom. The van der Waals surface area contributed by atoms with Gasteiger partial charge in [-0.15, -0.1) is 0 Å². The molecule has 0 saturated carbocycles. The number of fused-ring (bicyclic) bond motifs is 1. The van der Waals surface area contributed by atoms with Gasteiger partial charge in [0.1, 0.15) is 11.9 Å². The molecule has 2 aromatic rings. The van der Waals surface area contributed by atoms with Crippen molar-refractivity contribution in [2.75, 3.05) is 0 Å². The number of nitrogens with one attached hydrogen (secondary N) is 1. The zero-order valence-corrected chi connectivity index (χ0v) is 8.16. The van der Waals surface area contributed by atoms with Crippen molar-refractivity contribution in [1.29, 1.82) is 0 Å². The number of aliphatic hydroxyl groups is 2. The van der Waals surface area contributed by atoms with E-state index in [0.29, 0.717) is 11.0 Å². The second-order valence-corrected chi connectivity index (χ2v) is 3.37. The zero-order valence-electron chi connectivity index (χ0n) is 8.16. The number of carboxylic acid groups (broad SMARTS) is 1. The summed E-state index contributed by atoms with van der Waals surface area (Å²) < 4.78 is 0. The molecular formula is C10H10N2O4. The van der Waals surface area contributed by atoms with Gasteiger partial charge in [-0.2, -0.15) is 0 Å². The summed E-state index contributed by atoms with van der Waals surface area (Å²) >= 11 is 0. The molecule has 0 fully saturated rings. The lowest BCUT2D eigenvalue weighted by Crippen LogP contribution is -2.28. The maximum Gasteiger partial charge on any atom is 0.335 e. The highest BCUT2D eigenvalue weighted by Crippen LogP contribution is 2.18. The van der Waals surface area contributed by atoms with Crippen LogP contribution in [0.25, 0.3) is 11.0 Å². The first-order chi connectivity index (χ1) is 7.59. The van der Waals surface area contributed by atoms with Gasteiger partial charge in [0.25, 0.3) is 0 Å². The number of benzene rings is 1. The molecule has 0 amide bonds. The molecule has 0 bridgehead atoms. The lowest BCUT2D eigenvalue weighted by molar-refractivity contribution is -0.153.